The molecule has 0 heterocycles. The average Bonchev–Trinajstić information content (AvgIpc) is 2.18. The van der Waals surface area contributed by atoms with Gasteiger partial charge in [0.05, 0.1) is 11.5 Å². The third kappa shape index (κ3) is 4.66. The molecular weight excluding hydrogens is 258 g/mol. The van der Waals surface area contributed by atoms with Crippen molar-refractivity contribution in [3.63, 3.8) is 0 Å². The lowest BCUT2D eigenvalue weighted by atomic mass is 10.1. The zero-order chi connectivity index (χ0) is 13.1. The molecule has 0 atom stereocenters. The first kappa shape index (κ1) is 14.5. The predicted molar refractivity (Wildman–Crippen MR) is 71.7 cm³/mol. The molecule has 96 valence electrons. The van der Waals surface area contributed by atoms with Crippen LogP contribution in [-0.2, 0) is 22.1 Å². The Morgan fingerprint density at radius 3 is 2.47 bits per heavy atom. The summed E-state index contributed by atoms with van der Waals surface area (Å²) < 4.78 is 23.7. The van der Waals surface area contributed by atoms with E-state index in [2.05, 4.69) is 0 Å². The van der Waals surface area contributed by atoms with Crippen molar-refractivity contribution in [3.05, 3.63) is 34.3 Å². The van der Waals surface area contributed by atoms with Crippen LogP contribution in [0.1, 0.15) is 25.0 Å². The zero-order valence-corrected chi connectivity index (χ0v) is 11.7. The molecule has 0 saturated carbocycles. The number of rotatable bonds is 5. The number of hydrogen-bond donors (Lipinski definition) is 1. The second-order valence-corrected chi connectivity index (χ2v) is 7.09. The van der Waals surface area contributed by atoms with Gasteiger partial charge in [-0.2, -0.15) is 0 Å². The Labute approximate surface area is 108 Å². The minimum Gasteiger partial charge on any atom is -0.326 e. The van der Waals surface area contributed by atoms with Crippen LogP contribution >= 0.6 is 11.6 Å². The molecule has 1 rings (SSSR count). The summed E-state index contributed by atoms with van der Waals surface area (Å²) in [6.45, 7) is 4.17. The Morgan fingerprint density at radius 1 is 1.35 bits per heavy atom. The topological polar surface area (TPSA) is 60.2 Å². The molecule has 0 radical (unpaired) electrons. The first-order valence-corrected chi connectivity index (χ1v) is 7.72. The van der Waals surface area contributed by atoms with Crippen molar-refractivity contribution < 1.29 is 8.42 Å². The lowest BCUT2D eigenvalue weighted by Gasteiger charge is -2.09. The molecule has 2 N–H and O–H groups in total. The van der Waals surface area contributed by atoms with Crippen LogP contribution in [-0.4, -0.2) is 14.2 Å². The summed E-state index contributed by atoms with van der Waals surface area (Å²) in [6.07, 6.45) is 0. The molecule has 0 fully saturated rings. The van der Waals surface area contributed by atoms with Crippen molar-refractivity contribution in [1.82, 2.24) is 0 Å². The van der Waals surface area contributed by atoms with Crippen LogP contribution in [0.15, 0.2) is 18.2 Å². The number of halogens is 1. The van der Waals surface area contributed by atoms with Crippen molar-refractivity contribution in [2.45, 2.75) is 26.1 Å². The second-order valence-electron chi connectivity index (χ2n) is 4.58. The first-order chi connectivity index (χ1) is 7.84. The minimum absolute atomic E-state index is 0.00509. The molecule has 1 aromatic carbocycles. The Kier molecular flexibility index (Phi) is 4.98. The van der Waals surface area contributed by atoms with Gasteiger partial charge >= 0.3 is 0 Å². The van der Waals surface area contributed by atoms with Gasteiger partial charge in [0.1, 0.15) is 0 Å². The summed E-state index contributed by atoms with van der Waals surface area (Å²) in [6, 6.07) is 5.27. The molecule has 5 heteroatoms. The fraction of sp³-hybridized carbons (Fsp3) is 0.500. The smallest absolute Gasteiger partial charge is 0.154 e. The SMILES string of the molecule is CC(C)CS(=O)(=O)Cc1ccc(CN)cc1Cl. The van der Waals surface area contributed by atoms with Crippen molar-refractivity contribution in [1.29, 1.82) is 0 Å². The van der Waals surface area contributed by atoms with Gasteiger partial charge in [0.25, 0.3) is 0 Å². The van der Waals surface area contributed by atoms with Gasteiger partial charge in [0.15, 0.2) is 9.84 Å². The normalized spacial score (nSPS) is 12.1. The van der Waals surface area contributed by atoms with Crippen molar-refractivity contribution in [3.8, 4) is 0 Å². The summed E-state index contributed by atoms with van der Waals surface area (Å²) in [4.78, 5) is 0. The van der Waals surface area contributed by atoms with Gasteiger partial charge in [-0.1, -0.05) is 37.6 Å². The predicted octanol–water partition coefficient (Wildman–Crippen LogP) is 2.37. The highest BCUT2D eigenvalue weighted by Gasteiger charge is 2.16. The van der Waals surface area contributed by atoms with Crippen LogP contribution in [0, 0.1) is 5.92 Å². The lowest BCUT2D eigenvalue weighted by Crippen LogP contribution is -2.14. The standard InChI is InChI=1S/C12H18ClNO2S/c1-9(2)7-17(15,16)8-11-4-3-10(6-14)5-12(11)13/h3-5,9H,6-8,14H2,1-2H3. The van der Waals surface area contributed by atoms with Crippen LogP contribution in [0.3, 0.4) is 0 Å². The van der Waals surface area contributed by atoms with Crippen molar-refractivity contribution in [2.24, 2.45) is 11.7 Å². The molecule has 0 aromatic heterocycles. The monoisotopic (exact) mass is 275 g/mol. The Balaban J connectivity index is 2.89. The molecule has 0 unspecified atom stereocenters. The molecule has 0 spiro atoms. The lowest BCUT2D eigenvalue weighted by molar-refractivity contribution is 0.581. The highest BCUT2D eigenvalue weighted by Crippen LogP contribution is 2.21. The van der Waals surface area contributed by atoms with Gasteiger partial charge in [-0.3, -0.25) is 0 Å². The van der Waals surface area contributed by atoms with E-state index in [1.165, 1.54) is 0 Å². The third-order valence-electron chi connectivity index (χ3n) is 2.32. The van der Waals surface area contributed by atoms with E-state index in [1.807, 2.05) is 19.9 Å². The first-order valence-electron chi connectivity index (χ1n) is 5.52. The summed E-state index contributed by atoms with van der Waals surface area (Å²) in [7, 11) is -3.09. The zero-order valence-electron chi connectivity index (χ0n) is 10.1. The largest absolute Gasteiger partial charge is 0.326 e. The van der Waals surface area contributed by atoms with Crippen LogP contribution in [0.25, 0.3) is 0 Å². The molecule has 0 amide bonds. The minimum atomic E-state index is -3.09. The summed E-state index contributed by atoms with van der Waals surface area (Å²) in [5.74, 6) is 0.304. The fourth-order valence-electron chi connectivity index (χ4n) is 1.64. The van der Waals surface area contributed by atoms with Crippen molar-refractivity contribution in [2.75, 3.05) is 5.75 Å². The van der Waals surface area contributed by atoms with Gasteiger partial charge in [-0.15, -0.1) is 0 Å². The Bertz CT molecular complexity index is 483. The van der Waals surface area contributed by atoms with E-state index in [0.717, 1.165) is 5.56 Å². The molecule has 0 aliphatic carbocycles. The quantitative estimate of drug-likeness (QED) is 0.897. The summed E-state index contributed by atoms with van der Waals surface area (Å²) in [5.41, 5.74) is 7.03. The van der Waals surface area contributed by atoms with Crippen molar-refractivity contribution >= 4 is 21.4 Å². The number of hydrogen-bond acceptors (Lipinski definition) is 3. The van der Waals surface area contributed by atoms with E-state index >= 15 is 0 Å². The number of nitrogens with two attached hydrogens (primary N) is 1. The maximum absolute atomic E-state index is 11.8. The van der Waals surface area contributed by atoms with Gasteiger partial charge in [-0.25, -0.2) is 8.42 Å². The summed E-state index contributed by atoms with van der Waals surface area (Å²) in [5, 5.41) is 0.472. The van der Waals surface area contributed by atoms with Crippen LogP contribution in [0.2, 0.25) is 5.02 Å². The van der Waals surface area contributed by atoms with Crippen LogP contribution < -0.4 is 5.73 Å². The molecule has 3 nitrogen and oxygen atoms in total. The highest BCUT2D eigenvalue weighted by molar-refractivity contribution is 7.90. The number of benzene rings is 1. The fourth-order valence-corrected chi connectivity index (χ4v) is 3.85. The Morgan fingerprint density at radius 2 is 2.00 bits per heavy atom. The van der Waals surface area contributed by atoms with E-state index in [9.17, 15) is 8.42 Å². The summed E-state index contributed by atoms with van der Waals surface area (Å²) >= 11 is 6.03. The Hall–Kier alpha value is -0.580. The van der Waals surface area contributed by atoms with E-state index in [0.29, 0.717) is 17.1 Å². The molecule has 1 aromatic rings. The van der Waals surface area contributed by atoms with E-state index in [-0.39, 0.29) is 17.4 Å². The molecule has 17 heavy (non-hydrogen) atoms. The second kappa shape index (κ2) is 5.85. The van der Waals surface area contributed by atoms with Crippen LogP contribution in [0.4, 0.5) is 0 Å². The average molecular weight is 276 g/mol. The van der Waals surface area contributed by atoms with Gasteiger partial charge < -0.3 is 5.73 Å². The molecule has 0 aliphatic heterocycles. The van der Waals surface area contributed by atoms with Gasteiger partial charge in [0.2, 0.25) is 0 Å². The van der Waals surface area contributed by atoms with Crippen LogP contribution in [0.5, 0.6) is 0 Å². The van der Waals surface area contributed by atoms with Gasteiger partial charge in [0, 0.05) is 11.6 Å². The molecular formula is C12H18ClNO2S. The third-order valence-corrected chi connectivity index (χ3v) is 4.59. The number of sulfone groups is 1. The highest BCUT2D eigenvalue weighted by atomic mass is 35.5. The molecule has 0 aliphatic rings. The molecule has 0 saturated heterocycles. The molecule has 0 bridgehead atoms. The maximum atomic E-state index is 11.8. The van der Waals surface area contributed by atoms with E-state index < -0.39 is 9.84 Å². The van der Waals surface area contributed by atoms with E-state index in [4.69, 9.17) is 17.3 Å². The van der Waals surface area contributed by atoms with E-state index in [1.54, 1.807) is 12.1 Å². The maximum Gasteiger partial charge on any atom is 0.154 e. The van der Waals surface area contributed by atoms with Gasteiger partial charge in [-0.05, 0) is 23.1 Å².